The normalized spacial score (nSPS) is 18.2. The van der Waals surface area contributed by atoms with Crippen LogP contribution in [0.5, 0.6) is 5.75 Å². The van der Waals surface area contributed by atoms with Crippen LogP contribution in [0.1, 0.15) is 57.1 Å². The second-order valence-corrected chi connectivity index (χ2v) is 8.84. The molecule has 2 aromatic rings. The molecule has 0 saturated carbocycles. The predicted octanol–water partition coefficient (Wildman–Crippen LogP) is 5.23. The molecular weight excluding hydrogens is 414 g/mol. The highest BCUT2D eigenvalue weighted by molar-refractivity contribution is 6.04. The van der Waals surface area contributed by atoms with Gasteiger partial charge in [0.2, 0.25) is 0 Å². The van der Waals surface area contributed by atoms with Gasteiger partial charge in [-0.2, -0.15) is 0 Å². The van der Waals surface area contributed by atoms with E-state index in [4.69, 9.17) is 9.47 Å². The van der Waals surface area contributed by atoms with Gasteiger partial charge in [0.15, 0.2) is 5.78 Å². The van der Waals surface area contributed by atoms with E-state index < -0.39 is 11.9 Å². The van der Waals surface area contributed by atoms with Gasteiger partial charge in [-0.3, -0.25) is 4.79 Å². The van der Waals surface area contributed by atoms with E-state index in [1.807, 2.05) is 75.4 Å². The van der Waals surface area contributed by atoms with Gasteiger partial charge < -0.3 is 14.8 Å². The fourth-order valence-electron chi connectivity index (χ4n) is 4.63. The predicted molar refractivity (Wildman–Crippen MR) is 128 cm³/mol. The quantitative estimate of drug-likeness (QED) is 0.592. The molecule has 0 fully saturated rings. The van der Waals surface area contributed by atoms with Gasteiger partial charge in [-0.25, -0.2) is 4.79 Å². The van der Waals surface area contributed by atoms with Crippen molar-refractivity contribution < 1.29 is 19.1 Å². The molecule has 0 saturated heterocycles. The molecule has 0 radical (unpaired) electrons. The summed E-state index contributed by atoms with van der Waals surface area (Å²) in [6.45, 7) is 6.09. The van der Waals surface area contributed by atoms with Crippen LogP contribution in [0.2, 0.25) is 0 Å². The van der Waals surface area contributed by atoms with Crippen molar-refractivity contribution in [2.75, 3.05) is 6.61 Å². The third kappa shape index (κ3) is 5.03. The van der Waals surface area contributed by atoms with Crippen molar-refractivity contribution in [3.05, 3.63) is 88.3 Å². The van der Waals surface area contributed by atoms with Gasteiger partial charge in [0.05, 0.1) is 24.2 Å². The Balaban J connectivity index is 1.69. The summed E-state index contributed by atoms with van der Waals surface area (Å²) in [7, 11) is 0. The number of dihydropyridines is 1. The molecule has 0 bridgehead atoms. The minimum atomic E-state index is -0.506. The number of benzene rings is 2. The molecule has 4 rings (SSSR count). The molecule has 1 heterocycles. The fraction of sp³-hybridized carbons (Fsp3) is 0.357. The highest BCUT2D eigenvalue weighted by Gasteiger charge is 2.40. The maximum Gasteiger partial charge on any atom is 0.336 e. The molecule has 0 aromatic heterocycles. The van der Waals surface area contributed by atoms with Crippen molar-refractivity contribution >= 4 is 11.8 Å². The first kappa shape index (κ1) is 22.8. The van der Waals surface area contributed by atoms with E-state index in [0.717, 1.165) is 35.4 Å². The van der Waals surface area contributed by atoms with E-state index in [-0.39, 0.29) is 18.5 Å². The lowest BCUT2D eigenvalue weighted by molar-refractivity contribution is -0.139. The number of ether oxygens (including phenoxy) is 2. The molecule has 0 spiro atoms. The van der Waals surface area contributed by atoms with Crippen LogP contribution >= 0.6 is 0 Å². The van der Waals surface area contributed by atoms with Gasteiger partial charge in [-0.15, -0.1) is 0 Å². The van der Waals surface area contributed by atoms with Crippen LogP contribution in [0.3, 0.4) is 0 Å². The smallest absolute Gasteiger partial charge is 0.336 e. The molecule has 0 amide bonds. The third-order valence-corrected chi connectivity index (χ3v) is 6.06. The molecular formula is C28H31NO4. The summed E-state index contributed by atoms with van der Waals surface area (Å²) < 4.78 is 11.8. The molecule has 1 aliphatic carbocycles. The average molecular weight is 446 g/mol. The highest BCUT2D eigenvalue weighted by Crippen LogP contribution is 2.45. The average Bonchev–Trinajstić information content (AvgIpc) is 2.79. The minimum Gasteiger partial charge on any atom is -0.491 e. The van der Waals surface area contributed by atoms with Crippen LogP contribution in [-0.4, -0.2) is 24.5 Å². The number of Topliss-reactive ketones (excluding diaryl/α,β-unsaturated/α-hetero) is 1. The molecule has 1 N–H and O–H groups in total. The lowest BCUT2D eigenvalue weighted by Gasteiger charge is -2.35. The summed E-state index contributed by atoms with van der Waals surface area (Å²) in [6, 6.07) is 17.6. The number of nitrogens with one attached hydrogen (secondary N) is 1. The summed E-state index contributed by atoms with van der Waals surface area (Å²) in [5, 5.41) is 3.34. The maximum absolute atomic E-state index is 13.4. The van der Waals surface area contributed by atoms with Crippen LogP contribution in [0.25, 0.3) is 0 Å². The minimum absolute atomic E-state index is 0.0327. The number of allylic oxidation sites excluding steroid dienone is 3. The first-order valence-corrected chi connectivity index (χ1v) is 11.7. The van der Waals surface area contributed by atoms with Gasteiger partial charge >= 0.3 is 5.97 Å². The maximum atomic E-state index is 13.4. The summed E-state index contributed by atoms with van der Waals surface area (Å²) in [4.78, 5) is 26.5. The molecule has 5 heteroatoms. The van der Waals surface area contributed by atoms with Crippen molar-refractivity contribution in [2.24, 2.45) is 0 Å². The summed E-state index contributed by atoms with van der Waals surface area (Å²) in [5.74, 6) is -0.138. The number of ketones is 1. The lowest BCUT2D eigenvalue weighted by Crippen LogP contribution is -2.34. The van der Waals surface area contributed by atoms with Crippen LogP contribution < -0.4 is 10.1 Å². The zero-order valence-corrected chi connectivity index (χ0v) is 19.5. The number of rotatable bonds is 7. The molecule has 2 aromatic carbocycles. The van der Waals surface area contributed by atoms with Crippen molar-refractivity contribution in [1.29, 1.82) is 0 Å². The van der Waals surface area contributed by atoms with Gasteiger partial charge in [0, 0.05) is 35.4 Å². The Morgan fingerprint density at radius 2 is 1.79 bits per heavy atom. The third-order valence-electron chi connectivity index (χ3n) is 6.06. The number of hydrogen-bond acceptors (Lipinski definition) is 5. The van der Waals surface area contributed by atoms with Gasteiger partial charge in [-0.1, -0.05) is 48.5 Å². The van der Waals surface area contributed by atoms with E-state index in [0.29, 0.717) is 29.7 Å². The Bertz CT molecular complexity index is 1100. The number of carbonyl (C=O) groups is 2. The second-order valence-electron chi connectivity index (χ2n) is 8.84. The van der Waals surface area contributed by atoms with Crippen molar-refractivity contribution in [1.82, 2.24) is 5.32 Å². The topological polar surface area (TPSA) is 64.6 Å². The molecule has 172 valence electrons. The summed E-state index contributed by atoms with van der Waals surface area (Å²) in [6.07, 6.45) is 2.69. The van der Waals surface area contributed by atoms with Crippen LogP contribution in [0.4, 0.5) is 0 Å². The second kappa shape index (κ2) is 10.1. The Morgan fingerprint density at radius 1 is 1.06 bits per heavy atom. The lowest BCUT2D eigenvalue weighted by atomic mass is 9.75. The Labute approximate surface area is 195 Å². The SMILES string of the molecule is CC1=C(C(=O)OCCc2ccccc2)C(c2ccccc2OC(C)C)C2=C(CCCC2=O)N1. The number of para-hydroxylation sites is 1. The molecule has 1 atom stereocenters. The number of carbonyl (C=O) groups excluding carboxylic acids is 2. The molecule has 2 aliphatic rings. The number of hydrogen-bond donors (Lipinski definition) is 1. The molecule has 5 nitrogen and oxygen atoms in total. The van der Waals surface area contributed by atoms with E-state index >= 15 is 0 Å². The van der Waals surface area contributed by atoms with E-state index in [1.165, 1.54) is 0 Å². The first-order valence-electron chi connectivity index (χ1n) is 11.7. The van der Waals surface area contributed by atoms with E-state index in [2.05, 4.69) is 5.32 Å². The number of esters is 1. The fourth-order valence-corrected chi connectivity index (χ4v) is 4.63. The summed E-state index contributed by atoms with van der Waals surface area (Å²) in [5.41, 5.74) is 4.73. The zero-order valence-electron chi connectivity index (χ0n) is 19.5. The van der Waals surface area contributed by atoms with Gasteiger partial charge in [-0.05, 0) is 45.2 Å². The molecule has 1 aliphatic heterocycles. The largest absolute Gasteiger partial charge is 0.491 e. The standard InChI is InChI=1S/C28H31NO4/c1-18(2)33-24-15-8-7-12-21(24)26-25(19(3)29-22-13-9-14-23(30)27(22)26)28(31)32-17-16-20-10-5-4-6-11-20/h4-8,10-12,15,18,26,29H,9,13-14,16-17H2,1-3H3. The van der Waals surface area contributed by atoms with Crippen LogP contribution in [-0.2, 0) is 20.7 Å². The van der Waals surface area contributed by atoms with Crippen molar-refractivity contribution in [3.63, 3.8) is 0 Å². The highest BCUT2D eigenvalue weighted by atomic mass is 16.5. The van der Waals surface area contributed by atoms with Crippen molar-refractivity contribution in [2.45, 2.75) is 58.5 Å². The van der Waals surface area contributed by atoms with Gasteiger partial charge in [0.1, 0.15) is 5.75 Å². The van der Waals surface area contributed by atoms with E-state index in [9.17, 15) is 9.59 Å². The monoisotopic (exact) mass is 445 g/mol. The van der Waals surface area contributed by atoms with Crippen LogP contribution in [0.15, 0.2) is 77.1 Å². The molecule has 1 unspecified atom stereocenters. The molecule has 33 heavy (non-hydrogen) atoms. The Hall–Kier alpha value is -3.34. The zero-order chi connectivity index (χ0) is 23.4. The first-order chi connectivity index (χ1) is 16.0. The van der Waals surface area contributed by atoms with E-state index in [1.54, 1.807) is 0 Å². The van der Waals surface area contributed by atoms with Crippen molar-refractivity contribution in [3.8, 4) is 5.75 Å². The van der Waals surface area contributed by atoms with Gasteiger partial charge in [0.25, 0.3) is 0 Å². The summed E-state index contributed by atoms with van der Waals surface area (Å²) >= 11 is 0. The van der Waals surface area contributed by atoms with Crippen LogP contribution in [0, 0.1) is 0 Å². The Kier molecular flexibility index (Phi) is 6.97. The Morgan fingerprint density at radius 3 is 2.55 bits per heavy atom.